The Kier molecular flexibility index (Phi) is 10.9. The first-order chi connectivity index (χ1) is 16.2. The van der Waals surface area contributed by atoms with E-state index in [1.165, 1.54) is 4.90 Å². The Morgan fingerprint density at radius 1 is 1.18 bits per heavy atom. The second-order valence-corrected chi connectivity index (χ2v) is 10.1. The number of thiazole rings is 1. The fraction of sp³-hybridized carbons (Fsp3) is 0.440. The molecule has 1 amide bonds. The highest BCUT2D eigenvalue weighted by molar-refractivity contribution is 7.99. The number of thioether (sulfide) groups is 1. The summed E-state index contributed by atoms with van der Waals surface area (Å²) < 4.78 is 11.9. The van der Waals surface area contributed by atoms with Gasteiger partial charge in [0.15, 0.2) is 5.13 Å². The van der Waals surface area contributed by atoms with Crippen molar-refractivity contribution in [3.05, 3.63) is 48.5 Å². The van der Waals surface area contributed by atoms with Crippen molar-refractivity contribution in [1.29, 1.82) is 0 Å². The van der Waals surface area contributed by atoms with Crippen molar-refractivity contribution in [2.75, 3.05) is 57.2 Å². The molecule has 0 atom stereocenters. The van der Waals surface area contributed by atoms with E-state index in [1.54, 1.807) is 30.2 Å². The smallest absolute Gasteiger partial charge is 0.228 e. The summed E-state index contributed by atoms with van der Waals surface area (Å²) in [5.74, 6) is 1.85. The van der Waals surface area contributed by atoms with E-state index < -0.39 is 0 Å². The zero-order valence-corrected chi connectivity index (χ0v) is 21.9. The molecular weight excluding hydrogens is 490 g/mol. The van der Waals surface area contributed by atoms with Gasteiger partial charge in [-0.25, -0.2) is 4.98 Å². The number of hydrogen-bond donors (Lipinski definition) is 0. The number of fused-ring (bicyclic) bond motifs is 1. The standard InChI is InChI=1S/C25H31N3O3S2.ClH/c1-30-20-10-11-23-22(19-20)26-25(33-23)28(13-6-12-27-14-16-31-17-15-27)24(29)9-5-18-32-21-7-3-2-4-8-21;/h2-4,7-8,10-11,19H,5-6,9,12-18H2,1H3;1H. The van der Waals surface area contributed by atoms with Crippen LogP contribution in [0, 0.1) is 0 Å². The van der Waals surface area contributed by atoms with Gasteiger partial charge in [0.1, 0.15) is 5.75 Å². The predicted molar refractivity (Wildman–Crippen MR) is 144 cm³/mol. The molecule has 9 heteroatoms. The molecule has 34 heavy (non-hydrogen) atoms. The van der Waals surface area contributed by atoms with E-state index >= 15 is 0 Å². The third kappa shape index (κ3) is 7.58. The van der Waals surface area contributed by atoms with Gasteiger partial charge in [-0.1, -0.05) is 29.5 Å². The first-order valence-electron chi connectivity index (χ1n) is 11.5. The summed E-state index contributed by atoms with van der Waals surface area (Å²) in [5.41, 5.74) is 0.875. The lowest BCUT2D eigenvalue weighted by Crippen LogP contribution is -2.39. The molecular formula is C25H32ClN3O3S2. The molecule has 1 fully saturated rings. The molecule has 6 nitrogen and oxygen atoms in total. The van der Waals surface area contributed by atoms with E-state index in [-0.39, 0.29) is 18.3 Å². The largest absolute Gasteiger partial charge is 0.497 e. The number of anilines is 1. The van der Waals surface area contributed by atoms with Crippen LogP contribution in [-0.2, 0) is 9.53 Å². The Morgan fingerprint density at radius 2 is 1.97 bits per heavy atom. The number of amides is 1. The number of hydrogen-bond acceptors (Lipinski definition) is 7. The second-order valence-electron chi connectivity index (χ2n) is 7.95. The number of ether oxygens (including phenoxy) is 2. The van der Waals surface area contributed by atoms with E-state index in [4.69, 9.17) is 14.5 Å². The average molecular weight is 522 g/mol. The maximum Gasteiger partial charge on any atom is 0.228 e. The molecule has 4 rings (SSSR count). The van der Waals surface area contributed by atoms with Gasteiger partial charge < -0.3 is 9.47 Å². The summed E-state index contributed by atoms with van der Waals surface area (Å²) >= 11 is 3.37. The van der Waals surface area contributed by atoms with Crippen molar-refractivity contribution in [3.8, 4) is 5.75 Å². The van der Waals surface area contributed by atoms with Crippen LogP contribution in [0.5, 0.6) is 5.75 Å². The number of rotatable bonds is 11. The number of morpholine rings is 1. The summed E-state index contributed by atoms with van der Waals surface area (Å²) in [6.07, 6.45) is 2.29. The third-order valence-corrected chi connectivity index (χ3v) is 7.78. The minimum Gasteiger partial charge on any atom is -0.497 e. The summed E-state index contributed by atoms with van der Waals surface area (Å²) in [5, 5.41) is 0.779. The Labute approximate surface area is 216 Å². The van der Waals surface area contributed by atoms with Crippen molar-refractivity contribution in [2.24, 2.45) is 0 Å². The van der Waals surface area contributed by atoms with E-state index in [0.717, 1.165) is 72.5 Å². The van der Waals surface area contributed by atoms with Gasteiger partial charge in [0, 0.05) is 43.6 Å². The fourth-order valence-corrected chi connectivity index (χ4v) is 5.67. The molecule has 1 saturated heterocycles. The van der Waals surface area contributed by atoms with Crippen LogP contribution in [0.4, 0.5) is 5.13 Å². The monoisotopic (exact) mass is 521 g/mol. The van der Waals surface area contributed by atoms with Crippen molar-refractivity contribution in [2.45, 2.75) is 24.2 Å². The number of benzene rings is 2. The van der Waals surface area contributed by atoms with E-state index in [2.05, 4.69) is 17.0 Å². The highest BCUT2D eigenvalue weighted by Gasteiger charge is 2.20. The summed E-state index contributed by atoms with van der Waals surface area (Å²) in [6, 6.07) is 16.2. The molecule has 184 valence electrons. The van der Waals surface area contributed by atoms with Crippen LogP contribution in [0.25, 0.3) is 10.2 Å². The van der Waals surface area contributed by atoms with Crippen LogP contribution in [0.1, 0.15) is 19.3 Å². The fourth-order valence-electron chi connectivity index (χ4n) is 3.81. The van der Waals surface area contributed by atoms with Crippen molar-refractivity contribution in [3.63, 3.8) is 0 Å². The zero-order chi connectivity index (χ0) is 22.9. The molecule has 2 heterocycles. The Morgan fingerprint density at radius 3 is 2.74 bits per heavy atom. The van der Waals surface area contributed by atoms with Crippen LogP contribution >= 0.6 is 35.5 Å². The maximum absolute atomic E-state index is 13.3. The van der Waals surface area contributed by atoms with E-state index in [0.29, 0.717) is 13.0 Å². The number of methoxy groups -OCH3 is 1. The lowest BCUT2D eigenvalue weighted by molar-refractivity contribution is -0.118. The maximum atomic E-state index is 13.3. The van der Waals surface area contributed by atoms with Gasteiger partial charge in [0.05, 0.1) is 30.5 Å². The number of carbonyl (C=O) groups is 1. The Balaban J connectivity index is 0.00000324. The number of carbonyl (C=O) groups excluding carboxylic acids is 1. The van der Waals surface area contributed by atoms with Crippen LogP contribution in [0.15, 0.2) is 53.4 Å². The topological polar surface area (TPSA) is 54.9 Å². The number of aromatic nitrogens is 1. The minimum absolute atomic E-state index is 0. The summed E-state index contributed by atoms with van der Waals surface area (Å²) in [4.78, 5) is 23.6. The van der Waals surface area contributed by atoms with Gasteiger partial charge >= 0.3 is 0 Å². The molecule has 0 bridgehead atoms. The molecule has 1 aromatic heterocycles. The third-order valence-electron chi connectivity index (χ3n) is 5.62. The van der Waals surface area contributed by atoms with Crippen LogP contribution in [-0.4, -0.2) is 68.0 Å². The first kappa shape index (κ1) is 26.8. The minimum atomic E-state index is 0. The van der Waals surface area contributed by atoms with Gasteiger partial charge in [-0.2, -0.15) is 0 Å². The van der Waals surface area contributed by atoms with Gasteiger partial charge in [0.2, 0.25) is 5.91 Å². The van der Waals surface area contributed by atoms with Crippen LogP contribution < -0.4 is 9.64 Å². The van der Waals surface area contributed by atoms with Crippen LogP contribution in [0.2, 0.25) is 0 Å². The second kappa shape index (κ2) is 13.9. The molecule has 0 aliphatic carbocycles. The van der Waals surface area contributed by atoms with Gasteiger partial charge in [-0.15, -0.1) is 24.2 Å². The van der Waals surface area contributed by atoms with Gasteiger partial charge in [0.25, 0.3) is 0 Å². The Hall–Kier alpha value is -1.84. The molecule has 0 N–H and O–H groups in total. The lowest BCUT2D eigenvalue weighted by atomic mass is 10.2. The van der Waals surface area contributed by atoms with Crippen molar-refractivity contribution in [1.82, 2.24) is 9.88 Å². The van der Waals surface area contributed by atoms with Gasteiger partial charge in [-0.05, 0) is 42.9 Å². The molecule has 0 radical (unpaired) electrons. The molecule has 1 aliphatic rings. The highest BCUT2D eigenvalue weighted by atomic mass is 35.5. The number of halogens is 1. The Bertz CT molecular complexity index is 1030. The molecule has 2 aromatic carbocycles. The molecule has 0 saturated carbocycles. The predicted octanol–water partition coefficient (Wildman–Crippen LogP) is 5.35. The van der Waals surface area contributed by atoms with Crippen molar-refractivity contribution >= 4 is 56.8 Å². The lowest BCUT2D eigenvalue weighted by Gasteiger charge is -2.27. The first-order valence-corrected chi connectivity index (χ1v) is 13.3. The molecule has 0 spiro atoms. The van der Waals surface area contributed by atoms with Crippen LogP contribution in [0.3, 0.4) is 0 Å². The average Bonchev–Trinajstić information content (AvgIpc) is 3.28. The molecule has 3 aromatic rings. The van der Waals surface area contributed by atoms with E-state index in [9.17, 15) is 4.79 Å². The summed E-state index contributed by atoms with van der Waals surface area (Å²) in [7, 11) is 1.66. The van der Waals surface area contributed by atoms with E-state index in [1.807, 2.05) is 41.3 Å². The van der Waals surface area contributed by atoms with Gasteiger partial charge in [-0.3, -0.25) is 14.6 Å². The molecule has 0 unspecified atom stereocenters. The normalized spacial score (nSPS) is 14.0. The highest BCUT2D eigenvalue weighted by Crippen LogP contribution is 2.32. The molecule has 1 aliphatic heterocycles. The SMILES string of the molecule is COc1ccc2sc(N(CCCN3CCOCC3)C(=O)CCCSc3ccccc3)nc2c1.Cl. The number of nitrogens with zero attached hydrogens (tertiary/aromatic N) is 3. The zero-order valence-electron chi connectivity index (χ0n) is 19.5. The summed E-state index contributed by atoms with van der Waals surface area (Å²) in [6.45, 7) is 5.16. The van der Waals surface area contributed by atoms with Crippen molar-refractivity contribution < 1.29 is 14.3 Å². The quantitative estimate of drug-likeness (QED) is 0.250.